The molecule has 1 heterocycles. The van der Waals surface area contributed by atoms with Crippen molar-refractivity contribution in [1.29, 1.82) is 0 Å². The lowest BCUT2D eigenvalue weighted by Gasteiger charge is -2.33. The van der Waals surface area contributed by atoms with Gasteiger partial charge in [-0.15, -0.1) is 0 Å². The fourth-order valence-corrected chi connectivity index (χ4v) is 5.72. The number of nitrogens with zero attached hydrogens (tertiary/aromatic N) is 2. The van der Waals surface area contributed by atoms with Crippen molar-refractivity contribution in [2.24, 2.45) is 11.8 Å². The van der Waals surface area contributed by atoms with Gasteiger partial charge in [-0.1, -0.05) is 61.5 Å². The number of rotatable bonds is 10. The number of carbonyl (C=O) groups excluding carboxylic acids is 2. The van der Waals surface area contributed by atoms with Crippen LogP contribution in [0, 0.1) is 25.7 Å². The van der Waals surface area contributed by atoms with Gasteiger partial charge in [0.1, 0.15) is 6.04 Å². The maximum atomic E-state index is 13.3. The van der Waals surface area contributed by atoms with Crippen molar-refractivity contribution >= 4 is 27.7 Å². The average molecular weight is 539 g/mol. The fraction of sp³-hybridized carbons (Fsp3) is 0.393. The van der Waals surface area contributed by atoms with E-state index >= 15 is 0 Å². The van der Waals surface area contributed by atoms with Crippen molar-refractivity contribution in [3.63, 3.8) is 0 Å². The quantitative estimate of drug-likeness (QED) is 0.398. The number of amides is 2. The van der Waals surface area contributed by atoms with Gasteiger partial charge in [0.05, 0.1) is 10.6 Å². The summed E-state index contributed by atoms with van der Waals surface area (Å²) in [5, 5.41) is 6.51. The van der Waals surface area contributed by atoms with Gasteiger partial charge in [0, 0.05) is 30.6 Å². The number of sulfonamides is 1. The van der Waals surface area contributed by atoms with Crippen LogP contribution in [0.2, 0.25) is 0 Å². The largest absolute Gasteiger partial charge is 0.357 e. The minimum absolute atomic E-state index is 0.00293. The van der Waals surface area contributed by atoms with Crippen LogP contribution >= 0.6 is 0 Å². The molecule has 202 valence electrons. The van der Waals surface area contributed by atoms with E-state index in [0.717, 1.165) is 18.4 Å². The molecule has 1 aliphatic rings. The molecule has 0 aliphatic heterocycles. The lowest BCUT2D eigenvalue weighted by atomic mass is 9.99. The van der Waals surface area contributed by atoms with Gasteiger partial charge >= 0.3 is 0 Å². The molecular formula is C28H34N4O5S. The third kappa shape index (κ3) is 5.75. The molecule has 2 aromatic carbocycles. The highest BCUT2D eigenvalue weighted by Gasteiger charge is 2.39. The van der Waals surface area contributed by atoms with Crippen LogP contribution in [0.3, 0.4) is 0 Å². The number of benzene rings is 2. The lowest BCUT2D eigenvalue weighted by Crippen LogP contribution is -2.51. The first-order valence-electron chi connectivity index (χ1n) is 12.7. The summed E-state index contributed by atoms with van der Waals surface area (Å²) in [6, 6.07) is 13.5. The van der Waals surface area contributed by atoms with Crippen molar-refractivity contribution in [3.05, 3.63) is 65.4 Å². The van der Waals surface area contributed by atoms with Crippen molar-refractivity contribution in [1.82, 2.24) is 15.4 Å². The van der Waals surface area contributed by atoms with Gasteiger partial charge in [-0.3, -0.25) is 9.59 Å². The monoisotopic (exact) mass is 538 g/mol. The SMILES string of the molecule is CNC(=O)C(C(C)C)N(Cc1ccc(-c2ccccc2S(=O)(=O)Nc2onc(C)c2C)cc1)C(=O)C1CC1. The van der Waals surface area contributed by atoms with Gasteiger partial charge in [-0.25, -0.2) is 13.1 Å². The van der Waals surface area contributed by atoms with Gasteiger partial charge < -0.3 is 14.7 Å². The molecule has 0 saturated heterocycles. The number of aryl methyl sites for hydroxylation is 1. The van der Waals surface area contributed by atoms with E-state index in [2.05, 4.69) is 15.2 Å². The van der Waals surface area contributed by atoms with E-state index in [1.807, 2.05) is 38.1 Å². The van der Waals surface area contributed by atoms with Crippen LogP contribution in [0.1, 0.15) is 43.5 Å². The number of hydrogen-bond donors (Lipinski definition) is 2. The van der Waals surface area contributed by atoms with Crippen molar-refractivity contribution in [2.75, 3.05) is 11.8 Å². The predicted molar refractivity (Wildman–Crippen MR) is 145 cm³/mol. The maximum Gasteiger partial charge on any atom is 0.264 e. The van der Waals surface area contributed by atoms with Crippen LogP contribution in [-0.2, 0) is 26.2 Å². The maximum absolute atomic E-state index is 13.3. The Kier molecular flexibility index (Phi) is 7.91. The Labute approximate surface area is 223 Å². The number of nitrogens with one attached hydrogen (secondary N) is 2. The normalized spacial score (nSPS) is 14.3. The molecule has 3 aromatic rings. The molecule has 2 N–H and O–H groups in total. The summed E-state index contributed by atoms with van der Waals surface area (Å²) >= 11 is 0. The van der Waals surface area contributed by atoms with Crippen molar-refractivity contribution in [2.45, 2.75) is 58.0 Å². The van der Waals surface area contributed by atoms with E-state index in [-0.39, 0.29) is 41.0 Å². The van der Waals surface area contributed by atoms with Gasteiger partial charge in [0.2, 0.25) is 17.7 Å². The summed E-state index contributed by atoms with van der Waals surface area (Å²) in [5.74, 6) is -0.185. The molecule has 0 radical (unpaired) electrons. The molecule has 9 nitrogen and oxygen atoms in total. The van der Waals surface area contributed by atoms with Gasteiger partial charge in [-0.2, -0.15) is 0 Å². The zero-order valence-electron chi connectivity index (χ0n) is 22.3. The summed E-state index contributed by atoms with van der Waals surface area (Å²) < 4.78 is 34.2. The Bertz CT molecular complexity index is 1430. The van der Waals surface area contributed by atoms with Crippen LogP contribution in [0.15, 0.2) is 57.9 Å². The topological polar surface area (TPSA) is 122 Å². The van der Waals surface area contributed by atoms with E-state index in [1.165, 1.54) is 6.07 Å². The van der Waals surface area contributed by atoms with Crippen LogP contribution in [-0.4, -0.2) is 43.4 Å². The molecule has 1 fully saturated rings. The highest BCUT2D eigenvalue weighted by atomic mass is 32.2. The van der Waals surface area contributed by atoms with Crippen LogP contribution < -0.4 is 10.0 Å². The third-order valence-corrected chi connectivity index (χ3v) is 8.26. The standard InChI is InChI=1S/C28H34N4O5S/c1-17(2)25(26(33)29-5)32(28(34)22-14-15-22)16-20-10-12-21(13-11-20)23-8-6-7-9-24(23)38(35,36)31-27-18(3)19(4)30-37-27/h6-13,17,22,25,31H,14-16H2,1-5H3,(H,29,33). The number of likely N-dealkylation sites (N-methyl/N-ethyl adjacent to an activating group) is 1. The lowest BCUT2D eigenvalue weighted by molar-refractivity contribution is -0.143. The molecule has 0 spiro atoms. The van der Waals surface area contributed by atoms with E-state index in [9.17, 15) is 18.0 Å². The summed E-state index contributed by atoms with van der Waals surface area (Å²) in [6.45, 7) is 7.63. The number of carbonyl (C=O) groups is 2. The Balaban J connectivity index is 1.61. The van der Waals surface area contributed by atoms with Crippen LogP contribution in [0.4, 0.5) is 5.88 Å². The molecule has 0 bridgehead atoms. The first-order chi connectivity index (χ1) is 18.0. The summed E-state index contributed by atoms with van der Waals surface area (Å²) in [4.78, 5) is 27.6. The predicted octanol–water partition coefficient (Wildman–Crippen LogP) is 4.27. The van der Waals surface area contributed by atoms with E-state index in [4.69, 9.17) is 4.52 Å². The Morgan fingerprint density at radius 1 is 1.08 bits per heavy atom. The van der Waals surface area contributed by atoms with Gasteiger partial charge in [-0.05, 0) is 49.8 Å². The molecule has 10 heteroatoms. The third-order valence-electron chi connectivity index (χ3n) is 6.87. The summed E-state index contributed by atoms with van der Waals surface area (Å²) in [7, 11) is -2.38. The molecule has 38 heavy (non-hydrogen) atoms. The van der Waals surface area contributed by atoms with E-state index < -0.39 is 16.1 Å². The van der Waals surface area contributed by atoms with Gasteiger partial charge in [0.25, 0.3) is 10.0 Å². The number of aromatic nitrogens is 1. The number of anilines is 1. The van der Waals surface area contributed by atoms with Crippen molar-refractivity contribution in [3.8, 4) is 11.1 Å². The van der Waals surface area contributed by atoms with E-state index in [0.29, 0.717) is 22.4 Å². The van der Waals surface area contributed by atoms with Gasteiger partial charge in [0.15, 0.2) is 0 Å². The second kappa shape index (κ2) is 11.0. The highest BCUT2D eigenvalue weighted by Crippen LogP contribution is 2.34. The second-order valence-corrected chi connectivity index (χ2v) is 11.7. The Morgan fingerprint density at radius 2 is 1.74 bits per heavy atom. The molecule has 1 aromatic heterocycles. The minimum atomic E-state index is -3.96. The fourth-order valence-electron chi connectivity index (χ4n) is 4.44. The minimum Gasteiger partial charge on any atom is -0.357 e. The van der Waals surface area contributed by atoms with Crippen LogP contribution in [0.5, 0.6) is 0 Å². The average Bonchev–Trinajstić information content (AvgIpc) is 3.70. The summed E-state index contributed by atoms with van der Waals surface area (Å²) in [5.41, 5.74) is 3.31. The Hall–Kier alpha value is -3.66. The molecule has 4 rings (SSSR count). The summed E-state index contributed by atoms with van der Waals surface area (Å²) in [6.07, 6.45) is 1.69. The van der Waals surface area contributed by atoms with Crippen molar-refractivity contribution < 1.29 is 22.5 Å². The molecule has 1 saturated carbocycles. The zero-order chi connectivity index (χ0) is 27.6. The number of hydrogen-bond acceptors (Lipinski definition) is 6. The molecule has 1 aliphatic carbocycles. The zero-order valence-corrected chi connectivity index (χ0v) is 23.1. The van der Waals surface area contributed by atoms with Crippen LogP contribution in [0.25, 0.3) is 11.1 Å². The second-order valence-electron chi connectivity index (χ2n) is 10.1. The molecular weight excluding hydrogens is 504 g/mol. The Morgan fingerprint density at radius 3 is 2.29 bits per heavy atom. The highest BCUT2D eigenvalue weighted by molar-refractivity contribution is 7.92. The smallest absolute Gasteiger partial charge is 0.264 e. The molecule has 1 atom stereocenters. The van der Waals surface area contributed by atoms with E-state index in [1.54, 1.807) is 44.0 Å². The first kappa shape index (κ1) is 27.4. The molecule has 2 amide bonds. The first-order valence-corrected chi connectivity index (χ1v) is 14.2. The molecule has 1 unspecified atom stereocenters.